The first-order chi connectivity index (χ1) is 11.1. The molecule has 0 bridgehead atoms. The van der Waals surface area contributed by atoms with Crippen molar-refractivity contribution in [1.82, 2.24) is 0 Å². The van der Waals surface area contributed by atoms with Crippen LogP contribution in [0.4, 0.5) is 0 Å². The van der Waals surface area contributed by atoms with Crippen LogP contribution in [0.2, 0.25) is 0 Å². The zero-order valence-electron chi connectivity index (χ0n) is 12.2. The van der Waals surface area contributed by atoms with E-state index in [1.165, 1.54) is 10.7 Å². The standard InChI is InChI=1S/C13H11IO.C6H4I2/c14-12-8-6-11(7-9-12)13(15)10-4-2-1-3-5-10;7-5-1-2-6(8)4-3-5/h1-9,13,15H;1-4H. The first-order valence-electron chi connectivity index (χ1n) is 6.96. The Bertz CT molecular complexity index is 689. The predicted octanol–water partition coefficient (Wildman–Crippen LogP) is 6.27. The molecule has 1 N–H and O–H groups in total. The third kappa shape index (κ3) is 6.67. The number of halogens is 3. The fourth-order valence-corrected chi connectivity index (χ4v) is 2.98. The second-order valence-electron chi connectivity index (χ2n) is 4.80. The highest BCUT2D eigenvalue weighted by atomic mass is 127. The lowest BCUT2D eigenvalue weighted by Gasteiger charge is -2.11. The van der Waals surface area contributed by atoms with E-state index in [1.807, 2.05) is 54.6 Å². The van der Waals surface area contributed by atoms with Crippen LogP contribution in [0.15, 0.2) is 78.9 Å². The Morgan fingerprint density at radius 1 is 0.522 bits per heavy atom. The minimum absolute atomic E-state index is 0.525. The minimum atomic E-state index is -0.525. The molecule has 0 saturated heterocycles. The molecule has 3 aromatic carbocycles. The fourth-order valence-electron chi connectivity index (χ4n) is 1.90. The maximum atomic E-state index is 10.1. The van der Waals surface area contributed by atoms with E-state index in [1.54, 1.807) is 0 Å². The quantitative estimate of drug-likeness (QED) is 0.328. The normalized spacial score (nSPS) is 11.3. The van der Waals surface area contributed by atoms with Crippen LogP contribution >= 0.6 is 67.8 Å². The van der Waals surface area contributed by atoms with E-state index in [0.717, 1.165) is 11.1 Å². The van der Waals surface area contributed by atoms with Crippen LogP contribution in [-0.4, -0.2) is 5.11 Å². The summed E-state index contributed by atoms with van der Waals surface area (Å²) in [5.41, 5.74) is 1.86. The summed E-state index contributed by atoms with van der Waals surface area (Å²) in [6, 6.07) is 26.0. The molecular weight excluding hydrogens is 625 g/mol. The van der Waals surface area contributed by atoms with Gasteiger partial charge >= 0.3 is 0 Å². The molecule has 0 aliphatic carbocycles. The lowest BCUT2D eigenvalue weighted by Crippen LogP contribution is -1.98. The maximum Gasteiger partial charge on any atom is 0.104 e. The Labute approximate surface area is 177 Å². The summed E-state index contributed by atoms with van der Waals surface area (Å²) in [4.78, 5) is 0. The van der Waals surface area contributed by atoms with Crippen LogP contribution in [0.1, 0.15) is 17.2 Å². The van der Waals surface area contributed by atoms with Gasteiger partial charge in [-0.25, -0.2) is 0 Å². The number of benzene rings is 3. The van der Waals surface area contributed by atoms with Crippen molar-refractivity contribution < 1.29 is 5.11 Å². The molecule has 3 aromatic rings. The van der Waals surface area contributed by atoms with E-state index in [0.29, 0.717) is 0 Å². The summed E-state index contributed by atoms with van der Waals surface area (Å²) in [5.74, 6) is 0. The van der Waals surface area contributed by atoms with E-state index >= 15 is 0 Å². The monoisotopic (exact) mass is 640 g/mol. The summed E-state index contributed by atoms with van der Waals surface area (Å²) in [5, 5.41) is 10.1. The molecule has 0 saturated carbocycles. The number of rotatable bonds is 2. The van der Waals surface area contributed by atoms with Gasteiger partial charge < -0.3 is 5.11 Å². The Kier molecular flexibility index (Phi) is 8.28. The van der Waals surface area contributed by atoms with Crippen molar-refractivity contribution in [3.8, 4) is 0 Å². The largest absolute Gasteiger partial charge is 0.384 e. The molecule has 1 atom stereocenters. The molecule has 0 heterocycles. The van der Waals surface area contributed by atoms with E-state index in [4.69, 9.17) is 0 Å². The van der Waals surface area contributed by atoms with Gasteiger partial charge in [0.05, 0.1) is 0 Å². The van der Waals surface area contributed by atoms with E-state index in [9.17, 15) is 5.11 Å². The Hall–Kier alpha value is -0.190. The maximum absolute atomic E-state index is 10.1. The summed E-state index contributed by atoms with van der Waals surface area (Å²) < 4.78 is 3.77. The topological polar surface area (TPSA) is 20.2 Å². The fraction of sp³-hybridized carbons (Fsp3) is 0.0526. The van der Waals surface area contributed by atoms with Crippen LogP contribution < -0.4 is 0 Å². The molecule has 0 fully saturated rings. The Morgan fingerprint density at radius 2 is 0.870 bits per heavy atom. The average Bonchev–Trinajstić information content (AvgIpc) is 2.59. The molecular formula is C19H15I3O. The second-order valence-corrected chi connectivity index (χ2v) is 8.54. The van der Waals surface area contributed by atoms with Crippen molar-refractivity contribution in [2.75, 3.05) is 0 Å². The highest BCUT2D eigenvalue weighted by Gasteiger charge is 2.08. The van der Waals surface area contributed by atoms with E-state index in [-0.39, 0.29) is 0 Å². The molecule has 1 nitrogen and oxygen atoms in total. The number of aliphatic hydroxyl groups excluding tert-OH is 1. The molecule has 118 valence electrons. The Balaban J connectivity index is 0.000000203. The minimum Gasteiger partial charge on any atom is -0.384 e. The van der Waals surface area contributed by atoms with Crippen molar-refractivity contribution >= 4 is 67.8 Å². The van der Waals surface area contributed by atoms with Crippen LogP contribution in [0.3, 0.4) is 0 Å². The highest BCUT2D eigenvalue weighted by molar-refractivity contribution is 14.1. The van der Waals surface area contributed by atoms with Crippen LogP contribution in [-0.2, 0) is 0 Å². The van der Waals surface area contributed by atoms with Crippen molar-refractivity contribution in [2.24, 2.45) is 0 Å². The third-order valence-corrected chi connectivity index (χ3v) is 5.26. The second kappa shape index (κ2) is 9.95. The van der Waals surface area contributed by atoms with Gasteiger partial charge in [-0.05, 0) is 115 Å². The predicted molar refractivity (Wildman–Crippen MR) is 122 cm³/mol. The number of hydrogen-bond acceptors (Lipinski definition) is 1. The summed E-state index contributed by atoms with van der Waals surface area (Å²) in [7, 11) is 0. The molecule has 0 aliphatic rings. The molecule has 0 aromatic heterocycles. The first kappa shape index (κ1) is 19.1. The van der Waals surface area contributed by atoms with Crippen molar-refractivity contribution in [2.45, 2.75) is 6.10 Å². The van der Waals surface area contributed by atoms with Gasteiger partial charge in [0.25, 0.3) is 0 Å². The molecule has 1 unspecified atom stereocenters. The molecule has 3 rings (SSSR count). The highest BCUT2D eigenvalue weighted by Crippen LogP contribution is 2.22. The SMILES string of the molecule is Ic1ccc(I)cc1.OC(c1ccccc1)c1ccc(I)cc1. The number of hydrogen-bond donors (Lipinski definition) is 1. The van der Waals surface area contributed by atoms with Gasteiger partial charge in [-0.2, -0.15) is 0 Å². The van der Waals surface area contributed by atoms with Gasteiger partial charge in [0.2, 0.25) is 0 Å². The molecule has 0 amide bonds. The van der Waals surface area contributed by atoms with Crippen molar-refractivity contribution in [1.29, 1.82) is 0 Å². The van der Waals surface area contributed by atoms with E-state index in [2.05, 4.69) is 92.0 Å². The molecule has 0 radical (unpaired) electrons. The van der Waals surface area contributed by atoms with Crippen molar-refractivity contribution in [3.05, 3.63) is 101 Å². The summed E-state index contributed by atoms with van der Waals surface area (Å²) >= 11 is 6.84. The van der Waals surface area contributed by atoms with Crippen LogP contribution in [0.5, 0.6) is 0 Å². The third-order valence-electron chi connectivity index (χ3n) is 3.10. The van der Waals surface area contributed by atoms with Gasteiger partial charge in [-0.15, -0.1) is 0 Å². The average molecular weight is 640 g/mol. The lowest BCUT2D eigenvalue weighted by molar-refractivity contribution is 0.220. The first-order valence-corrected chi connectivity index (χ1v) is 10.2. The van der Waals surface area contributed by atoms with Gasteiger partial charge in [-0.3, -0.25) is 0 Å². The van der Waals surface area contributed by atoms with Crippen molar-refractivity contribution in [3.63, 3.8) is 0 Å². The zero-order valence-corrected chi connectivity index (χ0v) is 18.6. The molecule has 0 aliphatic heterocycles. The van der Waals surface area contributed by atoms with E-state index < -0.39 is 6.10 Å². The smallest absolute Gasteiger partial charge is 0.104 e. The molecule has 0 spiro atoms. The summed E-state index contributed by atoms with van der Waals surface area (Å²) in [6.07, 6.45) is -0.525. The van der Waals surface area contributed by atoms with Gasteiger partial charge in [0.15, 0.2) is 0 Å². The Morgan fingerprint density at radius 3 is 1.30 bits per heavy atom. The van der Waals surface area contributed by atoms with Gasteiger partial charge in [-0.1, -0.05) is 42.5 Å². The zero-order chi connectivity index (χ0) is 16.7. The number of aliphatic hydroxyl groups is 1. The lowest BCUT2D eigenvalue weighted by atomic mass is 10.0. The van der Waals surface area contributed by atoms with Gasteiger partial charge in [0.1, 0.15) is 6.10 Å². The molecule has 4 heteroatoms. The molecule has 23 heavy (non-hydrogen) atoms. The van der Waals surface area contributed by atoms with Gasteiger partial charge in [0, 0.05) is 10.7 Å². The van der Waals surface area contributed by atoms with Crippen LogP contribution in [0, 0.1) is 10.7 Å². The summed E-state index contributed by atoms with van der Waals surface area (Å²) in [6.45, 7) is 0. The van der Waals surface area contributed by atoms with Crippen LogP contribution in [0.25, 0.3) is 0 Å².